The minimum atomic E-state index is -0.825. The van der Waals surface area contributed by atoms with E-state index in [1.165, 1.54) is 6.07 Å². The minimum Gasteiger partial charge on any atom is -0.507 e. The van der Waals surface area contributed by atoms with Crippen LogP contribution in [0.15, 0.2) is 33.1 Å². The van der Waals surface area contributed by atoms with Crippen LogP contribution < -0.4 is 4.90 Å². The van der Waals surface area contributed by atoms with Gasteiger partial charge in [-0.05, 0) is 24.3 Å². The summed E-state index contributed by atoms with van der Waals surface area (Å²) in [6.45, 7) is 7.24. The van der Waals surface area contributed by atoms with Gasteiger partial charge in [0.1, 0.15) is 22.3 Å². The van der Waals surface area contributed by atoms with Crippen LogP contribution in [0.5, 0.6) is 5.75 Å². The Morgan fingerprint density at radius 3 is 2.49 bits per heavy atom. The summed E-state index contributed by atoms with van der Waals surface area (Å²) in [6.07, 6.45) is 0. The smallest absolute Gasteiger partial charge is 0.300 e. The number of hydrogen-bond acceptors (Lipinski definition) is 9. The van der Waals surface area contributed by atoms with Crippen LogP contribution in [-0.4, -0.2) is 62.3 Å². The molecule has 0 atom stereocenters. The van der Waals surface area contributed by atoms with Gasteiger partial charge in [-0.15, -0.1) is 10.2 Å². The van der Waals surface area contributed by atoms with Crippen molar-refractivity contribution < 1.29 is 23.1 Å². The molecular formula is C23H22ClFN6O4. The summed E-state index contributed by atoms with van der Waals surface area (Å²) < 4.78 is 26.2. The Kier molecular flexibility index (Phi) is 5.59. The fourth-order valence-electron chi connectivity index (χ4n) is 3.76. The molecule has 3 aromatic heterocycles. The third-order valence-corrected chi connectivity index (χ3v) is 5.85. The normalized spacial score (nSPS) is 14.7. The number of phenolic OH excluding ortho intramolecular Hbond substituents is 1. The Bertz CT molecular complexity index is 1400. The molecule has 4 heterocycles. The van der Waals surface area contributed by atoms with Crippen LogP contribution in [0.4, 0.5) is 10.4 Å². The van der Waals surface area contributed by atoms with E-state index in [-0.39, 0.29) is 17.0 Å². The fourth-order valence-corrected chi connectivity index (χ4v) is 3.90. The number of anilines is 1. The maximum Gasteiger partial charge on any atom is 0.300 e. The summed E-state index contributed by atoms with van der Waals surface area (Å²) in [5.41, 5.74) is 0.279. The number of nitrogens with zero attached hydrogens (tertiary/aromatic N) is 6. The highest BCUT2D eigenvalue weighted by molar-refractivity contribution is 6.29. The molecule has 1 aliphatic rings. The first-order chi connectivity index (χ1) is 16.6. The van der Waals surface area contributed by atoms with E-state index in [0.717, 1.165) is 6.07 Å². The SMILES string of the molecule is CC(C)(C)c1nnc(-c2c(O)cc(C(=O)N3CCN(c4nc5nc(Cl)ccc5o4)CC3)cc2F)o1. The number of rotatable bonds is 3. The fraction of sp³-hybridized carbons (Fsp3) is 0.348. The van der Waals surface area contributed by atoms with Crippen LogP contribution in [0.1, 0.15) is 37.0 Å². The van der Waals surface area contributed by atoms with Gasteiger partial charge in [0, 0.05) is 37.2 Å². The molecule has 4 aromatic rings. The summed E-state index contributed by atoms with van der Waals surface area (Å²) in [5, 5.41) is 18.6. The lowest BCUT2D eigenvalue weighted by molar-refractivity contribution is 0.0744. The molecule has 1 aromatic carbocycles. The average Bonchev–Trinajstić information content (AvgIpc) is 3.45. The Morgan fingerprint density at radius 1 is 1.09 bits per heavy atom. The first-order valence-electron chi connectivity index (χ1n) is 10.9. The molecule has 0 unspecified atom stereocenters. The van der Waals surface area contributed by atoms with Gasteiger partial charge in [-0.25, -0.2) is 9.37 Å². The average molecular weight is 501 g/mol. The van der Waals surface area contributed by atoms with Gasteiger partial charge in [-0.2, -0.15) is 4.98 Å². The number of pyridine rings is 1. The van der Waals surface area contributed by atoms with Crippen molar-refractivity contribution in [3.63, 3.8) is 0 Å². The van der Waals surface area contributed by atoms with Crippen molar-refractivity contribution in [3.05, 3.63) is 46.7 Å². The lowest BCUT2D eigenvalue weighted by Crippen LogP contribution is -2.49. The van der Waals surface area contributed by atoms with E-state index in [9.17, 15) is 14.3 Å². The van der Waals surface area contributed by atoms with Gasteiger partial charge in [-0.3, -0.25) is 4.79 Å². The molecule has 1 amide bonds. The highest BCUT2D eigenvalue weighted by Gasteiger charge is 2.28. The van der Waals surface area contributed by atoms with E-state index < -0.39 is 22.9 Å². The largest absolute Gasteiger partial charge is 0.507 e. The predicted molar refractivity (Wildman–Crippen MR) is 125 cm³/mol. The van der Waals surface area contributed by atoms with E-state index in [1.807, 2.05) is 25.7 Å². The van der Waals surface area contributed by atoms with Gasteiger partial charge in [-0.1, -0.05) is 32.4 Å². The maximum atomic E-state index is 14.9. The van der Waals surface area contributed by atoms with Crippen LogP contribution in [0.25, 0.3) is 22.7 Å². The van der Waals surface area contributed by atoms with Crippen molar-refractivity contribution in [2.24, 2.45) is 0 Å². The summed E-state index contributed by atoms with van der Waals surface area (Å²) in [6, 6.07) is 6.00. The predicted octanol–water partition coefficient (Wildman–Crippen LogP) is 4.03. The molecular weight excluding hydrogens is 479 g/mol. The second-order valence-electron chi connectivity index (χ2n) is 9.25. The standard InChI is InChI=1S/C23H22ClFN6O4/c1-23(2,3)21-29-28-19(35-21)17-13(25)10-12(11-14(17)32)20(33)30-6-8-31(9-7-30)22-27-18-15(34-22)4-5-16(24)26-18/h4-5,10-11,32H,6-9H2,1-3H3. The van der Waals surface area contributed by atoms with Gasteiger partial charge in [0.05, 0.1) is 0 Å². The molecule has 1 saturated heterocycles. The van der Waals surface area contributed by atoms with E-state index in [2.05, 4.69) is 20.2 Å². The Labute approximate surface area is 204 Å². The molecule has 0 aliphatic carbocycles. The number of carbonyl (C=O) groups is 1. The van der Waals surface area contributed by atoms with Gasteiger partial charge in [0.25, 0.3) is 17.8 Å². The van der Waals surface area contributed by atoms with E-state index in [4.69, 9.17) is 20.4 Å². The summed E-state index contributed by atoms with van der Waals surface area (Å²) in [4.78, 5) is 25.0. The Hall–Kier alpha value is -3.73. The van der Waals surface area contributed by atoms with Crippen LogP contribution in [0.3, 0.4) is 0 Å². The zero-order chi connectivity index (χ0) is 24.9. The van der Waals surface area contributed by atoms with Crippen molar-refractivity contribution in [1.82, 2.24) is 25.1 Å². The lowest BCUT2D eigenvalue weighted by Gasteiger charge is -2.33. The number of aromatic nitrogens is 4. The number of piperazine rings is 1. The molecule has 0 spiro atoms. The van der Waals surface area contributed by atoms with Crippen LogP contribution in [0.2, 0.25) is 5.15 Å². The van der Waals surface area contributed by atoms with Gasteiger partial charge < -0.3 is 23.7 Å². The quantitative estimate of drug-likeness (QED) is 0.415. The zero-order valence-electron chi connectivity index (χ0n) is 19.2. The monoisotopic (exact) mass is 500 g/mol. The van der Waals surface area contributed by atoms with Crippen molar-refractivity contribution >= 4 is 34.8 Å². The summed E-state index contributed by atoms with van der Waals surface area (Å²) in [5.74, 6) is -1.52. The van der Waals surface area contributed by atoms with Crippen molar-refractivity contribution in [1.29, 1.82) is 0 Å². The number of amides is 1. The van der Waals surface area contributed by atoms with E-state index in [0.29, 0.717) is 54.5 Å². The van der Waals surface area contributed by atoms with Crippen LogP contribution >= 0.6 is 11.6 Å². The first kappa shape index (κ1) is 23.0. The zero-order valence-corrected chi connectivity index (χ0v) is 20.0. The molecule has 0 saturated carbocycles. The summed E-state index contributed by atoms with van der Waals surface area (Å²) >= 11 is 5.90. The Morgan fingerprint density at radius 2 is 1.83 bits per heavy atom. The van der Waals surface area contributed by atoms with Crippen molar-refractivity contribution in [3.8, 4) is 17.2 Å². The number of oxazole rings is 1. The number of phenols is 1. The number of hydrogen-bond donors (Lipinski definition) is 1. The number of halogens is 2. The third-order valence-electron chi connectivity index (χ3n) is 5.64. The number of fused-ring (bicyclic) bond motifs is 1. The Balaban J connectivity index is 1.30. The van der Waals surface area contributed by atoms with Crippen molar-refractivity contribution in [2.75, 3.05) is 31.1 Å². The molecule has 1 fully saturated rings. The molecule has 12 heteroatoms. The molecule has 10 nitrogen and oxygen atoms in total. The second-order valence-corrected chi connectivity index (χ2v) is 9.63. The third kappa shape index (κ3) is 4.39. The van der Waals surface area contributed by atoms with Gasteiger partial charge in [0.2, 0.25) is 11.5 Å². The van der Waals surface area contributed by atoms with E-state index in [1.54, 1.807) is 17.0 Å². The van der Waals surface area contributed by atoms with Gasteiger partial charge in [0.15, 0.2) is 5.58 Å². The molecule has 35 heavy (non-hydrogen) atoms. The molecule has 182 valence electrons. The second kappa shape index (κ2) is 8.49. The summed E-state index contributed by atoms with van der Waals surface area (Å²) in [7, 11) is 0. The minimum absolute atomic E-state index is 0.0217. The van der Waals surface area contributed by atoms with Gasteiger partial charge >= 0.3 is 0 Å². The highest BCUT2D eigenvalue weighted by Crippen LogP contribution is 2.34. The molecule has 1 aliphatic heterocycles. The van der Waals surface area contributed by atoms with Crippen molar-refractivity contribution in [2.45, 2.75) is 26.2 Å². The molecule has 0 bridgehead atoms. The molecule has 5 rings (SSSR count). The number of benzene rings is 1. The van der Waals surface area contributed by atoms with E-state index >= 15 is 0 Å². The number of aromatic hydroxyl groups is 1. The first-order valence-corrected chi connectivity index (χ1v) is 11.3. The number of carbonyl (C=O) groups excluding carboxylic acids is 1. The lowest BCUT2D eigenvalue weighted by atomic mass is 9.97. The molecule has 1 N–H and O–H groups in total. The highest BCUT2D eigenvalue weighted by atomic mass is 35.5. The van der Waals surface area contributed by atoms with Crippen LogP contribution in [-0.2, 0) is 5.41 Å². The maximum absolute atomic E-state index is 14.9. The molecule has 0 radical (unpaired) electrons. The topological polar surface area (TPSA) is 122 Å². The van der Waals surface area contributed by atoms with Crippen LogP contribution in [0, 0.1) is 5.82 Å².